The first-order valence-electron chi connectivity index (χ1n) is 5.81. The molecule has 20 heavy (non-hydrogen) atoms. The van der Waals surface area contributed by atoms with Crippen molar-refractivity contribution in [2.45, 2.75) is 6.92 Å². The standard InChI is InChI=1S/C14H13NO3S2/c1-9-3-4-10(20-9)5-6-12(16)15-11-7-8-19-13(11)14(17)18-2/h3-8H,1-2H3,(H,15,16)/b6-5+. The maximum atomic E-state index is 11.8. The van der Waals surface area contributed by atoms with Gasteiger partial charge in [0.05, 0.1) is 12.8 Å². The van der Waals surface area contributed by atoms with Gasteiger partial charge in [0.25, 0.3) is 0 Å². The van der Waals surface area contributed by atoms with E-state index in [2.05, 4.69) is 10.1 Å². The van der Waals surface area contributed by atoms with Gasteiger partial charge in [0, 0.05) is 15.8 Å². The van der Waals surface area contributed by atoms with Crippen LogP contribution >= 0.6 is 22.7 Å². The van der Waals surface area contributed by atoms with Crippen LogP contribution in [0.2, 0.25) is 0 Å². The molecule has 0 aliphatic rings. The van der Waals surface area contributed by atoms with E-state index in [1.54, 1.807) is 28.9 Å². The number of thiophene rings is 2. The van der Waals surface area contributed by atoms with Crippen LogP contribution in [0.3, 0.4) is 0 Å². The zero-order chi connectivity index (χ0) is 14.5. The molecule has 0 spiro atoms. The summed E-state index contributed by atoms with van der Waals surface area (Å²) in [5, 5.41) is 4.40. The summed E-state index contributed by atoms with van der Waals surface area (Å²) in [5.74, 6) is -0.729. The lowest BCUT2D eigenvalue weighted by Crippen LogP contribution is -2.10. The van der Waals surface area contributed by atoms with Crippen LogP contribution in [-0.2, 0) is 9.53 Å². The van der Waals surface area contributed by atoms with Gasteiger partial charge >= 0.3 is 5.97 Å². The van der Waals surface area contributed by atoms with Gasteiger partial charge in [-0.25, -0.2) is 4.79 Å². The molecule has 2 heterocycles. The van der Waals surface area contributed by atoms with Crippen LogP contribution in [0, 0.1) is 6.92 Å². The summed E-state index contributed by atoms with van der Waals surface area (Å²) in [4.78, 5) is 25.9. The Hall–Kier alpha value is -1.92. The van der Waals surface area contributed by atoms with Crippen molar-refractivity contribution in [2.75, 3.05) is 12.4 Å². The smallest absolute Gasteiger partial charge is 0.350 e. The molecule has 0 saturated heterocycles. The normalized spacial score (nSPS) is 10.7. The van der Waals surface area contributed by atoms with Crippen molar-refractivity contribution in [3.8, 4) is 0 Å². The highest BCUT2D eigenvalue weighted by molar-refractivity contribution is 7.13. The van der Waals surface area contributed by atoms with Crippen LogP contribution < -0.4 is 5.32 Å². The van der Waals surface area contributed by atoms with Crippen molar-refractivity contribution >= 4 is 46.3 Å². The maximum absolute atomic E-state index is 11.8. The molecular weight excluding hydrogens is 294 g/mol. The molecule has 0 aromatic carbocycles. The number of hydrogen-bond donors (Lipinski definition) is 1. The predicted molar refractivity (Wildman–Crippen MR) is 82.4 cm³/mol. The van der Waals surface area contributed by atoms with E-state index in [0.29, 0.717) is 10.6 Å². The van der Waals surface area contributed by atoms with Gasteiger partial charge in [-0.3, -0.25) is 4.79 Å². The number of esters is 1. The SMILES string of the molecule is COC(=O)c1sccc1NC(=O)/C=C/c1ccc(C)s1. The van der Waals surface area contributed by atoms with Gasteiger partial charge in [0.2, 0.25) is 5.91 Å². The lowest BCUT2D eigenvalue weighted by molar-refractivity contribution is -0.111. The second kappa shape index (κ2) is 6.49. The van der Waals surface area contributed by atoms with E-state index < -0.39 is 5.97 Å². The topological polar surface area (TPSA) is 55.4 Å². The molecule has 0 aliphatic carbocycles. The highest BCUT2D eigenvalue weighted by Gasteiger charge is 2.14. The first-order chi connectivity index (χ1) is 9.60. The van der Waals surface area contributed by atoms with Crippen LogP contribution in [-0.4, -0.2) is 19.0 Å². The fourth-order valence-electron chi connectivity index (χ4n) is 1.53. The number of anilines is 1. The molecule has 0 radical (unpaired) electrons. The molecule has 104 valence electrons. The molecule has 1 N–H and O–H groups in total. The van der Waals surface area contributed by atoms with Crippen molar-refractivity contribution < 1.29 is 14.3 Å². The molecule has 2 aromatic heterocycles. The Bertz CT molecular complexity index is 655. The van der Waals surface area contributed by atoms with Gasteiger partial charge in [-0.1, -0.05) is 0 Å². The second-order valence-electron chi connectivity index (χ2n) is 3.93. The van der Waals surface area contributed by atoms with Crippen LogP contribution in [0.1, 0.15) is 19.4 Å². The lowest BCUT2D eigenvalue weighted by Gasteiger charge is -2.02. The molecule has 0 saturated carbocycles. The number of methoxy groups -OCH3 is 1. The van der Waals surface area contributed by atoms with Gasteiger partial charge in [-0.15, -0.1) is 22.7 Å². The third-order valence-electron chi connectivity index (χ3n) is 2.45. The van der Waals surface area contributed by atoms with Crippen molar-refractivity contribution in [2.24, 2.45) is 0 Å². The Labute approximate surface area is 124 Å². The number of carbonyl (C=O) groups is 2. The van der Waals surface area contributed by atoms with E-state index >= 15 is 0 Å². The van der Waals surface area contributed by atoms with E-state index in [1.165, 1.54) is 29.4 Å². The van der Waals surface area contributed by atoms with E-state index in [9.17, 15) is 9.59 Å². The van der Waals surface area contributed by atoms with Crippen molar-refractivity contribution in [3.63, 3.8) is 0 Å². The Morgan fingerprint density at radius 1 is 1.30 bits per heavy atom. The van der Waals surface area contributed by atoms with Crippen molar-refractivity contribution in [1.82, 2.24) is 0 Å². The van der Waals surface area contributed by atoms with Gasteiger partial charge in [0.15, 0.2) is 0 Å². The Morgan fingerprint density at radius 3 is 2.75 bits per heavy atom. The number of rotatable bonds is 4. The summed E-state index contributed by atoms with van der Waals surface area (Å²) in [6.07, 6.45) is 3.20. The summed E-state index contributed by atoms with van der Waals surface area (Å²) < 4.78 is 4.65. The molecule has 0 fully saturated rings. The molecule has 4 nitrogen and oxygen atoms in total. The molecule has 0 atom stereocenters. The number of carbonyl (C=O) groups excluding carboxylic acids is 2. The van der Waals surface area contributed by atoms with Crippen LogP contribution in [0.4, 0.5) is 5.69 Å². The monoisotopic (exact) mass is 307 g/mol. The molecule has 2 rings (SSSR count). The number of nitrogens with one attached hydrogen (secondary N) is 1. The third kappa shape index (κ3) is 3.55. The molecule has 2 aromatic rings. The highest BCUT2D eigenvalue weighted by atomic mass is 32.1. The summed E-state index contributed by atoms with van der Waals surface area (Å²) >= 11 is 2.84. The summed E-state index contributed by atoms with van der Waals surface area (Å²) in [6, 6.07) is 5.63. The number of aryl methyl sites for hydroxylation is 1. The largest absolute Gasteiger partial charge is 0.465 e. The average molecular weight is 307 g/mol. The number of hydrogen-bond acceptors (Lipinski definition) is 5. The van der Waals surface area contributed by atoms with Crippen molar-refractivity contribution in [1.29, 1.82) is 0 Å². The maximum Gasteiger partial charge on any atom is 0.350 e. The summed E-state index contributed by atoms with van der Waals surface area (Å²) in [6.45, 7) is 2.01. The van der Waals surface area contributed by atoms with E-state index in [-0.39, 0.29) is 5.91 Å². The third-order valence-corrected chi connectivity index (χ3v) is 4.31. The molecule has 0 aliphatic heterocycles. The Morgan fingerprint density at radius 2 is 2.10 bits per heavy atom. The summed E-state index contributed by atoms with van der Waals surface area (Å²) in [5.41, 5.74) is 0.471. The zero-order valence-electron chi connectivity index (χ0n) is 11.0. The van der Waals surface area contributed by atoms with Gasteiger partial charge in [0.1, 0.15) is 4.88 Å². The molecule has 1 amide bonds. The fourth-order valence-corrected chi connectivity index (χ4v) is 3.08. The van der Waals surface area contributed by atoms with Crippen LogP contribution in [0.15, 0.2) is 29.7 Å². The van der Waals surface area contributed by atoms with E-state index in [4.69, 9.17) is 0 Å². The zero-order valence-corrected chi connectivity index (χ0v) is 12.6. The van der Waals surface area contributed by atoms with Gasteiger partial charge in [-0.05, 0) is 36.6 Å². The lowest BCUT2D eigenvalue weighted by atomic mass is 10.3. The number of amides is 1. The molecular formula is C14H13NO3S2. The minimum Gasteiger partial charge on any atom is -0.465 e. The first-order valence-corrected chi connectivity index (χ1v) is 7.51. The Balaban J connectivity index is 2.03. The Kier molecular flexibility index (Phi) is 4.70. The van der Waals surface area contributed by atoms with Crippen LogP contribution in [0.5, 0.6) is 0 Å². The fraction of sp³-hybridized carbons (Fsp3) is 0.143. The van der Waals surface area contributed by atoms with Gasteiger partial charge in [-0.2, -0.15) is 0 Å². The molecule has 0 bridgehead atoms. The quantitative estimate of drug-likeness (QED) is 0.694. The predicted octanol–water partition coefficient (Wildman–Crippen LogP) is 3.56. The first kappa shape index (κ1) is 14.5. The average Bonchev–Trinajstić information content (AvgIpc) is 3.04. The van der Waals surface area contributed by atoms with Gasteiger partial charge < -0.3 is 10.1 Å². The molecule has 0 unspecified atom stereocenters. The van der Waals surface area contributed by atoms with Crippen LogP contribution in [0.25, 0.3) is 6.08 Å². The van der Waals surface area contributed by atoms with E-state index in [1.807, 2.05) is 19.1 Å². The second-order valence-corrected chi connectivity index (χ2v) is 6.16. The van der Waals surface area contributed by atoms with Crippen molar-refractivity contribution in [3.05, 3.63) is 44.3 Å². The highest BCUT2D eigenvalue weighted by Crippen LogP contribution is 2.23. The number of ether oxygens (including phenoxy) is 1. The van der Waals surface area contributed by atoms with E-state index in [0.717, 1.165) is 4.88 Å². The molecule has 6 heteroatoms. The summed E-state index contributed by atoms with van der Waals surface area (Å²) in [7, 11) is 1.31. The minimum absolute atomic E-state index is 0.278. The minimum atomic E-state index is -0.451.